The van der Waals surface area contributed by atoms with E-state index in [1.165, 1.54) is 63.5 Å². The summed E-state index contributed by atoms with van der Waals surface area (Å²) in [6.07, 6.45) is 10.9. The van der Waals surface area contributed by atoms with Crippen LogP contribution in [0.5, 0.6) is 0 Å². The summed E-state index contributed by atoms with van der Waals surface area (Å²) in [4.78, 5) is 0. The maximum atomic E-state index is 9.39. The molecule has 0 fully saturated rings. The second-order valence-electron chi connectivity index (χ2n) is 6.91. The normalized spacial score (nSPS) is 13.3. The van der Waals surface area contributed by atoms with Crippen molar-refractivity contribution >= 4 is 0 Å². The van der Waals surface area contributed by atoms with Crippen molar-refractivity contribution in [1.82, 2.24) is 0 Å². The van der Waals surface area contributed by atoms with Crippen LogP contribution in [0.25, 0.3) is 0 Å². The number of aliphatic hydroxyl groups is 1. The molecule has 1 aromatic rings. The van der Waals surface area contributed by atoms with Crippen molar-refractivity contribution in [3.05, 3.63) is 35.9 Å². The van der Waals surface area contributed by atoms with Crippen LogP contribution in [-0.4, -0.2) is 36.3 Å². The minimum atomic E-state index is 0. The van der Waals surface area contributed by atoms with Crippen LogP contribution in [0.2, 0.25) is 0 Å². The Morgan fingerprint density at radius 3 is 1.96 bits per heavy atom. The number of aliphatic hydroxyl groups excluding tert-OH is 1. The fourth-order valence-corrected chi connectivity index (χ4v) is 3.16. The average molecular weight is 342 g/mol. The zero-order valence-electron chi connectivity index (χ0n) is 15.1. The first-order valence-electron chi connectivity index (χ1n) is 9.18. The lowest BCUT2D eigenvalue weighted by Gasteiger charge is -2.34. The summed E-state index contributed by atoms with van der Waals surface area (Å²) in [5, 5.41) is 9.39. The van der Waals surface area contributed by atoms with E-state index >= 15 is 0 Å². The molecule has 0 aliphatic carbocycles. The van der Waals surface area contributed by atoms with Gasteiger partial charge in [-0.15, -0.1) is 0 Å². The van der Waals surface area contributed by atoms with Gasteiger partial charge >= 0.3 is 0 Å². The first kappa shape index (κ1) is 22.4. The molecule has 0 aliphatic rings. The van der Waals surface area contributed by atoms with Crippen molar-refractivity contribution in [2.75, 3.05) is 26.7 Å². The second kappa shape index (κ2) is 13.8. The Labute approximate surface area is 149 Å². The molecule has 1 N–H and O–H groups in total. The van der Waals surface area contributed by atoms with E-state index in [1.54, 1.807) is 0 Å². The zero-order valence-corrected chi connectivity index (χ0v) is 15.9. The highest BCUT2D eigenvalue weighted by molar-refractivity contribution is 5.13. The third kappa shape index (κ3) is 10.8. The van der Waals surface area contributed by atoms with Gasteiger partial charge in [-0.2, -0.15) is 0 Å². The molecular formula is C20H36ClNO. The van der Waals surface area contributed by atoms with Gasteiger partial charge in [-0.05, 0) is 12.8 Å². The van der Waals surface area contributed by atoms with Crippen molar-refractivity contribution in [2.45, 2.75) is 64.8 Å². The maximum absolute atomic E-state index is 9.39. The van der Waals surface area contributed by atoms with Crippen molar-refractivity contribution in [2.24, 2.45) is 0 Å². The summed E-state index contributed by atoms with van der Waals surface area (Å²) in [6.45, 7) is 5.60. The molecule has 1 rings (SSSR count). The Kier molecular flexibility index (Phi) is 13.5. The Morgan fingerprint density at radius 1 is 0.826 bits per heavy atom. The van der Waals surface area contributed by atoms with Gasteiger partial charge in [0.15, 0.2) is 0 Å². The number of likely N-dealkylation sites (N-methyl/N-ethyl adjacent to an activating group) is 1. The maximum Gasteiger partial charge on any atom is 0.104 e. The molecule has 2 nitrogen and oxygen atoms in total. The number of quaternary nitrogens is 1. The topological polar surface area (TPSA) is 20.2 Å². The first-order chi connectivity index (χ1) is 10.7. The van der Waals surface area contributed by atoms with Crippen molar-refractivity contribution < 1.29 is 22.0 Å². The second-order valence-corrected chi connectivity index (χ2v) is 6.91. The smallest absolute Gasteiger partial charge is 0.104 e. The van der Waals surface area contributed by atoms with E-state index in [-0.39, 0.29) is 19.0 Å². The van der Waals surface area contributed by atoms with Gasteiger partial charge in [0.1, 0.15) is 13.1 Å². The lowest BCUT2D eigenvalue weighted by Crippen LogP contribution is -3.00. The minimum absolute atomic E-state index is 0. The molecule has 0 spiro atoms. The van der Waals surface area contributed by atoms with E-state index in [0.29, 0.717) is 0 Å². The number of hydrogen-bond acceptors (Lipinski definition) is 1. The molecule has 0 amide bonds. The lowest BCUT2D eigenvalue weighted by atomic mass is 10.1. The lowest BCUT2D eigenvalue weighted by molar-refractivity contribution is -0.923. The number of rotatable bonds is 13. The molecule has 23 heavy (non-hydrogen) atoms. The van der Waals surface area contributed by atoms with Crippen LogP contribution >= 0.6 is 0 Å². The summed E-state index contributed by atoms with van der Waals surface area (Å²) in [5.74, 6) is 0. The molecule has 0 saturated heterocycles. The Balaban J connectivity index is 0.00000484. The molecule has 3 heteroatoms. The number of hydrogen-bond donors (Lipinski definition) is 1. The molecule has 0 saturated carbocycles. The van der Waals surface area contributed by atoms with Gasteiger partial charge in [0.25, 0.3) is 0 Å². The molecule has 1 aromatic carbocycles. The predicted molar refractivity (Wildman–Crippen MR) is 95.8 cm³/mol. The van der Waals surface area contributed by atoms with Crippen LogP contribution in [-0.2, 0) is 6.54 Å². The molecule has 1 unspecified atom stereocenters. The fourth-order valence-electron chi connectivity index (χ4n) is 3.16. The molecule has 0 heterocycles. The predicted octanol–water partition coefficient (Wildman–Crippen LogP) is 1.77. The highest BCUT2D eigenvalue weighted by Gasteiger charge is 2.20. The van der Waals surface area contributed by atoms with Crippen molar-refractivity contribution in [1.29, 1.82) is 0 Å². The summed E-state index contributed by atoms with van der Waals surface area (Å²) in [6, 6.07) is 10.7. The quantitative estimate of drug-likeness (QED) is 0.428. The fraction of sp³-hybridized carbons (Fsp3) is 0.700. The van der Waals surface area contributed by atoms with Gasteiger partial charge in [-0.3, -0.25) is 0 Å². The molecule has 134 valence electrons. The molecular weight excluding hydrogens is 306 g/mol. The van der Waals surface area contributed by atoms with Gasteiger partial charge in [0, 0.05) is 5.56 Å². The van der Waals surface area contributed by atoms with E-state index in [1.807, 2.05) is 0 Å². The minimum Gasteiger partial charge on any atom is -1.00 e. The summed E-state index contributed by atoms with van der Waals surface area (Å²) < 4.78 is 0.955. The highest BCUT2D eigenvalue weighted by atomic mass is 35.5. The van der Waals surface area contributed by atoms with E-state index < -0.39 is 0 Å². The van der Waals surface area contributed by atoms with Gasteiger partial charge < -0.3 is 22.0 Å². The standard InChI is InChI=1S/C20H36NO.ClH/c1-3-4-5-6-7-8-9-13-16-21(2,17-18-22)19-20-14-11-10-12-15-20;/h10-12,14-15,22H,3-9,13,16-19H2,1-2H3;1H/q+1;/p-1. The van der Waals surface area contributed by atoms with Crippen LogP contribution in [0, 0.1) is 0 Å². The van der Waals surface area contributed by atoms with Crippen LogP contribution in [0.15, 0.2) is 30.3 Å². The van der Waals surface area contributed by atoms with E-state index in [2.05, 4.69) is 44.3 Å². The van der Waals surface area contributed by atoms with Crippen LogP contribution in [0.4, 0.5) is 0 Å². The van der Waals surface area contributed by atoms with Gasteiger partial charge in [-0.25, -0.2) is 0 Å². The molecule has 0 radical (unpaired) electrons. The molecule has 0 aromatic heterocycles. The Hall–Kier alpha value is -0.570. The number of benzene rings is 1. The van der Waals surface area contributed by atoms with Crippen molar-refractivity contribution in [3.8, 4) is 0 Å². The van der Waals surface area contributed by atoms with E-state index in [0.717, 1.165) is 17.6 Å². The summed E-state index contributed by atoms with van der Waals surface area (Å²) in [7, 11) is 2.28. The van der Waals surface area contributed by atoms with E-state index in [4.69, 9.17) is 0 Å². The van der Waals surface area contributed by atoms with Crippen LogP contribution in [0.3, 0.4) is 0 Å². The van der Waals surface area contributed by atoms with Gasteiger partial charge in [0.2, 0.25) is 0 Å². The zero-order chi connectivity index (χ0) is 16.1. The Bertz CT molecular complexity index is 371. The van der Waals surface area contributed by atoms with Gasteiger partial charge in [0.05, 0.1) is 20.2 Å². The van der Waals surface area contributed by atoms with Crippen LogP contribution in [0.1, 0.15) is 63.9 Å². The Morgan fingerprint density at radius 2 is 1.39 bits per heavy atom. The van der Waals surface area contributed by atoms with Crippen LogP contribution < -0.4 is 12.4 Å². The number of unbranched alkanes of at least 4 members (excludes halogenated alkanes) is 7. The monoisotopic (exact) mass is 341 g/mol. The van der Waals surface area contributed by atoms with Gasteiger partial charge in [-0.1, -0.05) is 75.8 Å². The first-order valence-corrected chi connectivity index (χ1v) is 9.18. The van der Waals surface area contributed by atoms with E-state index in [9.17, 15) is 5.11 Å². The molecule has 0 aliphatic heterocycles. The molecule has 1 atom stereocenters. The third-order valence-electron chi connectivity index (χ3n) is 4.60. The highest BCUT2D eigenvalue weighted by Crippen LogP contribution is 2.15. The summed E-state index contributed by atoms with van der Waals surface area (Å²) in [5.41, 5.74) is 1.37. The largest absolute Gasteiger partial charge is 1.00 e. The average Bonchev–Trinajstić information content (AvgIpc) is 2.51. The summed E-state index contributed by atoms with van der Waals surface area (Å²) >= 11 is 0. The molecule has 0 bridgehead atoms. The number of nitrogens with zero attached hydrogens (tertiary/aromatic N) is 1. The number of halogens is 1. The SMILES string of the molecule is CCCCCCCCCC[N+](C)(CCO)Cc1ccccc1.[Cl-]. The third-order valence-corrected chi connectivity index (χ3v) is 4.60. The van der Waals surface area contributed by atoms with Crippen molar-refractivity contribution in [3.63, 3.8) is 0 Å².